The van der Waals surface area contributed by atoms with Crippen molar-refractivity contribution in [3.05, 3.63) is 46.4 Å². The molecular weight excluding hydrogens is 244 g/mol. The Labute approximate surface area is 112 Å². The molecule has 1 heterocycles. The van der Waals surface area contributed by atoms with Crippen LogP contribution in [0.3, 0.4) is 0 Å². The maximum Gasteiger partial charge on any atom is 0.248 e. The van der Waals surface area contributed by atoms with Gasteiger partial charge in [0.1, 0.15) is 0 Å². The molecule has 3 nitrogen and oxygen atoms in total. The predicted octanol–water partition coefficient (Wildman–Crippen LogP) is 2.26. The quantitative estimate of drug-likeness (QED) is 0.612. The summed E-state index contributed by atoms with van der Waals surface area (Å²) >= 11 is 1.89. The van der Waals surface area contributed by atoms with Gasteiger partial charge in [0.25, 0.3) is 0 Å². The third-order valence-corrected chi connectivity index (χ3v) is 4.17. The van der Waals surface area contributed by atoms with Crippen molar-refractivity contribution in [3.63, 3.8) is 0 Å². The molecule has 1 aromatic heterocycles. The smallest absolute Gasteiger partial charge is 0.248 e. The van der Waals surface area contributed by atoms with E-state index in [0.717, 1.165) is 43.0 Å². The van der Waals surface area contributed by atoms with Crippen LogP contribution in [0.4, 0.5) is 0 Å². The molecule has 0 spiro atoms. The molecule has 1 aromatic rings. The first kappa shape index (κ1) is 13.4. The molecule has 2 N–H and O–H groups in total. The van der Waals surface area contributed by atoms with Crippen molar-refractivity contribution in [2.24, 2.45) is 0 Å². The lowest BCUT2D eigenvalue weighted by molar-refractivity contribution is 0.467. The maximum atomic E-state index is 11.3. The Morgan fingerprint density at radius 3 is 3.28 bits per heavy atom. The molecule has 1 unspecified atom stereocenters. The van der Waals surface area contributed by atoms with Gasteiger partial charge in [-0.2, -0.15) is 11.8 Å². The van der Waals surface area contributed by atoms with E-state index in [2.05, 4.69) is 16.9 Å². The Balaban J connectivity index is 1.91. The molecule has 1 aliphatic carbocycles. The molecule has 1 atom stereocenters. The summed E-state index contributed by atoms with van der Waals surface area (Å²) in [5.74, 6) is 2.11. The lowest BCUT2D eigenvalue weighted by Crippen LogP contribution is -2.28. The highest BCUT2D eigenvalue weighted by molar-refractivity contribution is 7.99. The number of rotatable bonds is 6. The van der Waals surface area contributed by atoms with Gasteiger partial charge in [0.15, 0.2) is 0 Å². The maximum absolute atomic E-state index is 11.3. The standard InChI is InChI=1S/C14H20N2OS/c1-2-9-18-10-8-15-12-4-3-5-13-11(12)6-7-14(17)16-13/h2,6-7,12,15H,1,3-5,8-10H2,(H,16,17). The van der Waals surface area contributed by atoms with Crippen molar-refractivity contribution in [2.45, 2.75) is 25.3 Å². The zero-order chi connectivity index (χ0) is 12.8. The van der Waals surface area contributed by atoms with Crippen LogP contribution in [0.1, 0.15) is 30.1 Å². The molecule has 1 aliphatic rings. The van der Waals surface area contributed by atoms with Crippen LogP contribution in [-0.4, -0.2) is 23.0 Å². The van der Waals surface area contributed by atoms with Crippen molar-refractivity contribution in [1.29, 1.82) is 0 Å². The average molecular weight is 264 g/mol. The molecule has 0 bridgehead atoms. The molecule has 0 radical (unpaired) electrons. The zero-order valence-corrected chi connectivity index (χ0v) is 11.4. The van der Waals surface area contributed by atoms with Crippen LogP contribution in [0, 0.1) is 0 Å². The van der Waals surface area contributed by atoms with Gasteiger partial charge in [-0.15, -0.1) is 6.58 Å². The van der Waals surface area contributed by atoms with E-state index in [0.29, 0.717) is 6.04 Å². The van der Waals surface area contributed by atoms with Crippen LogP contribution in [0.15, 0.2) is 29.6 Å². The first-order valence-corrected chi connectivity index (χ1v) is 7.61. The monoisotopic (exact) mass is 264 g/mol. The van der Waals surface area contributed by atoms with Gasteiger partial charge in [-0.3, -0.25) is 4.79 Å². The first-order valence-electron chi connectivity index (χ1n) is 6.45. The predicted molar refractivity (Wildman–Crippen MR) is 78.3 cm³/mol. The minimum atomic E-state index is 0.0101. The molecule has 0 saturated carbocycles. The Morgan fingerprint density at radius 2 is 2.44 bits per heavy atom. The lowest BCUT2D eigenvalue weighted by Gasteiger charge is -2.25. The normalized spacial score (nSPS) is 18.3. The minimum absolute atomic E-state index is 0.0101. The summed E-state index contributed by atoms with van der Waals surface area (Å²) < 4.78 is 0. The van der Waals surface area contributed by atoms with Gasteiger partial charge in [-0.05, 0) is 24.8 Å². The summed E-state index contributed by atoms with van der Waals surface area (Å²) in [6.07, 6.45) is 5.23. The number of nitrogens with one attached hydrogen (secondary N) is 2. The highest BCUT2D eigenvalue weighted by atomic mass is 32.2. The van der Waals surface area contributed by atoms with Crippen molar-refractivity contribution >= 4 is 11.8 Å². The van der Waals surface area contributed by atoms with Gasteiger partial charge in [0.05, 0.1) is 0 Å². The number of pyridine rings is 1. The van der Waals surface area contributed by atoms with E-state index in [1.54, 1.807) is 6.07 Å². The zero-order valence-electron chi connectivity index (χ0n) is 10.6. The van der Waals surface area contributed by atoms with E-state index in [-0.39, 0.29) is 5.56 Å². The number of hydrogen-bond donors (Lipinski definition) is 2. The highest BCUT2D eigenvalue weighted by Crippen LogP contribution is 2.27. The molecule has 0 aromatic carbocycles. The highest BCUT2D eigenvalue weighted by Gasteiger charge is 2.19. The van der Waals surface area contributed by atoms with E-state index < -0.39 is 0 Å². The second kappa shape index (κ2) is 6.81. The number of thioether (sulfide) groups is 1. The SMILES string of the molecule is C=CCSCCNC1CCCc2[nH]c(=O)ccc21. The fraction of sp³-hybridized carbons (Fsp3) is 0.500. The summed E-state index contributed by atoms with van der Waals surface area (Å²) in [5.41, 5.74) is 2.40. The third kappa shape index (κ3) is 3.50. The number of H-pyrrole nitrogens is 1. The minimum Gasteiger partial charge on any atom is -0.326 e. The van der Waals surface area contributed by atoms with Gasteiger partial charge < -0.3 is 10.3 Å². The fourth-order valence-electron chi connectivity index (χ4n) is 2.38. The Morgan fingerprint density at radius 1 is 1.56 bits per heavy atom. The number of fused-ring (bicyclic) bond motifs is 1. The van der Waals surface area contributed by atoms with E-state index in [9.17, 15) is 4.79 Å². The molecular formula is C14H20N2OS. The van der Waals surface area contributed by atoms with Crippen LogP contribution in [0.5, 0.6) is 0 Å². The first-order chi connectivity index (χ1) is 8.81. The fourth-order valence-corrected chi connectivity index (χ4v) is 2.98. The van der Waals surface area contributed by atoms with Gasteiger partial charge in [0, 0.05) is 35.9 Å². The number of hydrogen-bond acceptors (Lipinski definition) is 3. The van der Waals surface area contributed by atoms with Crippen LogP contribution in [-0.2, 0) is 6.42 Å². The van der Waals surface area contributed by atoms with Crippen LogP contribution >= 0.6 is 11.8 Å². The largest absolute Gasteiger partial charge is 0.326 e. The van der Waals surface area contributed by atoms with Crippen molar-refractivity contribution in [3.8, 4) is 0 Å². The van der Waals surface area contributed by atoms with Gasteiger partial charge >= 0.3 is 0 Å². The Kier molecular flexibility index (Phi) is 5.08. The summed E-state index contributed by atoms with van der Waals surface area (Å²) in [6, 6.07) is 4.00. The summed E-state index contributed by atoms with van der Waals surface area (Å²) in [6.45, 7) is 4.71. The summed E-state index contributed by atoms with van der Waals surface area (Å²) in [4.78, 5) is 14.2. The van der Waals surface area contributed by atoms with Gasteiger partial charge in [-0.25, -0.2) is 0 Å². The molecule has 98 valence electrons. The van der Waals surface area contributed by atoms with Crippen LogP contribution < -0.4 is 10.9 Å². The van der Waals surface area contributed by atoms with Crippen LogP contribution in [0.25, 0.3) is 0 Å². The summed E-state index contributed by atoms with van der Waals surface area (Å²) in [5, 5.41) is 3.58. The van der Waals surface area contributed by atoms with Gasteiger partial charge in [0.2, 0.25) is 5.56 Å². The molecule has 4 heteroatoms. The van der Waals surface area contributed by atoms with Crippen LogP contribution in [0.2, 0.25) is 0 Å². The molecule has 2 rings (SSSR count). The van der Waals surface area contributed by atoms with E-state index in [1.165, 1.54) is 5.56 Å². The summed E-state index contributed by atoms with van der Waals surface area (Å²) in [7, 11) is 0. The number of aryl methyl sites for hydroxylation is 1. The second-order valence-electron chi connectivity index (χ2n) is 4.52. The van der Waals surface area contributed by atoms with Crippen molar-refractivity contribution in [2.75, 3.05) is 18.1 Å². The second-order valence-corrected chi connectivity index (χ2v) is 5.67. The molecule has 0 saturated heterocycles. The lowest BCUT2D eigenvalue weighted by atomic mass is 9.91. The Hall–Kier alpha value is -1.00. The number of aromatic nitrogens is 1. The van der Waals surface area contributed by atoms with E-state index >= 15 is 0 Å². The molecule has 0 aliphatic heterocycles. The van der Waals surface area contributed by atoms with Crippen molar-refractivity contribution < 1.29 is 0 Å². The third-order valence-electron chi connectivity index (χ3n) is 3.20. The van der Waals surface area contributed by atoms with Gasteiger partial charge in [-0.1, -0.05) is 12.1 Å². The van der Waals surface area contributed by atoms with E-state index in [1.807, 2.05) is 23.9 Å². The average Bonchev–Trinajstić information content (AvgIpc) is 2.38. The molecule has 0 amide bonds. The topological polar surface area (TPSA) is 44.9 Å². The molecule has 0 fully saturated rings. The number of aromatic amines is 1. The van der Waals surface area contributed by atoms with E-state index in [4.69, 9.17) is 0 Å². The molecule has 18 heavy (non-hydrogen) atoms. The van der Waals surface area contributed by atoms with Crippen molar-refractivity contribution in [1.82, 2.24) is 10.3 Å². The Bertz CT molecular complexity index is 455.